The molecule has 0 spiro atoms. The van der Waals surface area contributed by atoms with Crippen molar-refractivity contribution in [1.29, 1.82) is 0 Å². The zero-order valence-corrected chi connectivity index (χ0v) is 12.6. The Bertz CT molecular complexity index is 657. The van der Waals surface area contributed by atoms with Crippen molar-refractivity contribution < 1.29 is 9.53 Å². The van der Waals surface area contributed by atoms with Crippen molar-refractivity contribution in [1.82, 2.24) is 9.97 Å². The van der Waals surface area contributed by atoms with E-state index in [4.69, 9.17) is 16.3 Å². The van der Waals surface area contributed by atoms with Crippen LogP contribution in [0.25, 0.3) is 0 Å². The minimum atomic E-state index is -0.316. The van der Waals surface area contributed by atoms with Gasteiger partial charge in [0.25, 0.3) is 5.91 Å². The summed E-state index contributed by atoms with van der Waals surface area (Å²) in [6, 6.07) is 6.95. The Labute approximate surface area is 133 Å². The predicted octanol–water partition coefficient (Wildman–Crippen LogP) is 2.22. The third-order valence-corrected chi connectivity index (χ3v) is 3.52. The van der Waals surface area contributed by atoms with Crippen LogP contribution in [0.4, 0.5) is 11.5 Å². The summed E-state index contributed by atoms with van der Waals surface area (Å²) in [7, 11) is 0. The lowest BCUT2D eigenvalue weighted by Crippen LogP contribution is -2.36. The Kier molecular flexibility index (Phi) is 4.50. The number of rotatable bonds is 3. The molecule has 1 amide bonds. The van der Waals surface area contributed by atoms with Gasteiger partial charge in [0.05, 0.1) is 25.6 Å². The van der Waals surface area contributed by atoms with E-state index in [-0.39, 0.29) is 11.6 Å². The van der Waals surface area contributed by atoms with Crippen molar-refractivity contribution in [3.8, 4) is 0 Å². The molecule has 22 heavy (non-hydrogen) atoms. The largest absolute Gasteiger partial charge is 0.378 e. The first-order valence-corrected chi connectivity index (χ1v) is 7.32. The summed E-state index contributed by atoms with van der Waals surface area (Å²) in [5, 5.41) is 3.30. The molecule has 1 aromatic heterocycles. The van der Waals surface area contributed by atoms with Crippen LogP contribution in [-0.2, 0) is 4.74 Å². The summed E-state index contributed by atoms with van der Waals surface area (Å²) in [5.74, 6) is 0.436. The molecule has 114 valence electrons. The van der Waals surface area contributed by atoms with Crippen molar-refractivity contribution >= 4 is 29.0 Å². The minimum absolute atomic E-state index is 0.261. The second-order valence-electron chi connectivity index (χ2n) is 4.82. The van der Waals surface area contributed by atoms with E-state index in [1.165, 1.54) is 6.20 Å². The van der Waals surface area contributed by atoms with Gasteiger partial charge >= 0.3 is 0 Å². The molecule has 0 radical (unpaired) electrons. The first kappa shape index (κ1) is 14.7. The lowest BCUT2D eigenvalue weighted by molar-refractivity contribution is 0.102. The van der Waals surface area contributed by atoms with Gasteiger partial charge in [-0.05, 0) is 18.2 Å². The first-order chi connectivity index (χ1) is 10.7. The van der Waals surface area contributed by atoms with E-state index >= 15 is 0 Å². The Morgan fingerprint density at radius 1 is 1.23 bits per heavy atom. The molecule has 0 bridgehead atoms. The van der Waals surface area contributed by atoms with Gasteiger partial charge in [-0.1, -0.05) is 17.7 Å². The number of aromatic nitrogens is 2. The van der Waals surface area contributed by atoms with Crippen molar-refractivity contribution in [2.45, 2.75) is 0 Å². The van der Waals surface area contributed by atoms with E-state index in [1.807, 2.05) is 0 Å². The predicted molar refractivity (Wildman–Crippen MR) is 84.5 cm³/mol. The number of carbonyl (C=O) groups is 1. The Hall–Kier alpha value is -2.18. The number of ether oxygens (including phenoxy) is 1. The zero-order chi connectivity index (χ0) is 15.4. The van der Waals surface area contributed by atoms with Gasteiger partial charge in [-0.15, -0.1) is 0 Å². The van der Waals surface area contributed by atoms with Gasteiger partial charge in [0.2, 0.25) is 0 Å². The van der Waals surface area contributed by atoms with Crippen molar-refractivity contribution in [2.24, 2.45) is 0 Å². The molecule has 0 aliphatic carbocycles. The fourth-order valence-electron chi connectivity index (χ4n) is 2.16. The van der Waals surface area contributed by atoms with Gasteiger partial charge < -0.3 is 15.0 Å². The minimum Gasteiger partial charge on any atom is -0.378 e. The quantitative estimate of drug-likeness (QED) is 0.940. The van der Waals surface area contributed by atoms with Crippen LogP contribution >= 0.6 is 11.6 Å². The molecule has 2 heterocycles. The molecule has 0 saturated carbocycles. The molecular weight excluding hydrogens is 304 g/mol. The maximum absolute atomic E-state index is 12.1. The van der Waals surface area contributed by atoms with Crippen molar-refractivity contribution in [3.63, 3.8) is 0 Å². The molecule has 1 saturated heterocycles. The summed E-state index contributed by atoms with van der Waals surface area (Å²) >= 11 is 5.89. The SMILES string of the molecule is O=C(Nc1cccc(Cl)c1)c1cnc(N2CCOCC2)cn1. The summed E-state index contributed by atoms with van der Waals surface area (Å²) in [6.07, 6.45) is 3.09. The average Bonchev–Trinajstić information content (AvgIpc) is 2.56. The fourth-order valence-corrected chi connectivity index (χ4v) is 2.35. The van der Waals surface area contributed by atoms with Gasteiger partial charge in [-0.3, -0.25) is 4.79 Å². The zero-order valence-electron chi connectivity index (χ0n) is 11.8. The number of amides is 1. The molecule has 1 aliphatic rings. The number of hydrogen-bond acceptors (Lipinski definition) is 5. The van der Waals surface area contributed by atoms with E-state index in [1.54, 1.807) is 30.5 Å². The lowest BCUT2D eigenvalue weighted by atomic mass is 10.3. The third-order valence-electron chi connectivity index (χ3n) is 3.29. The molecule has 3 rings (SSSR count). The smallest absolute Gasteiger partial charge is 0.275 e. The Morgan fingerprint density at radius 2 is 2.05 bits per heavy atom. The number of halogens is 1. The second-order valence-corrected chi connectivity index (χ2v) is 5.26. The van der Waals surface area contributed by atoms with Crippen LogP contribution in [0.1, 0.15) is 10.5 Å². The molecule has 0 atom stereocenters. The average molecular weight is 319 g/mol. The van der Waals surface area contributed by atoms with E-state index < -0.39 is 0 Å². The topological polar surface area (TPSA) is 67.4 Å². The highest BCUT2D eigenvalue weighted by Crippen LogP contribution is 2.16. The van der Waals surface area contributed by atoms with Gasteiger partial charge in [-0.25, -0.2) is 9.97 Å². The van der Waals surface area contributed by atoms with Crippen molar-refractivity contribution in [3.05, 3.63) is 47.4 Å². The highest BCUT2D eigenvalue weighted by molar-refractivity contribution is 6.30. The summed E-state index contributed by atoms with van der Waals surface area (Å²) in [5.41, 5.74) is 0.883. The number of nitrogens with one attached hydrogen (secondary N) is 1. The van der Waals surface area contributed by atoms with Gasteiger partial charge in [0.15, 0.2) is 0 Å². The molecule has 6 nitrogen and oxygen atoms in total. The van der Waals surface area contributed by atoms with Crippen LogP contribution < -0.4 is 10.2 Å². The molecule has 1 fully saturated rings. The summed E-state index contributed by atoms with van der Waals surface area (Å²) in [6.45, 7) is 2.92. The van der Waals surface area contributed by atoms with Gasteiger partial charge in [0.1, 0.15) is 11.5 Å². The Morgan fingerprint density at radius 3 is 2.73 bits per heavy atom. The van der Waals surface area contributed by atoms with Crippen LogP contribution in [0, 0.1) is 0 Å². The normalized spacial score (nSPS) is 14.7. The molecule has 1 N–H and O–H groups in total. The molecular formula is C15H15ClN4O2. The molecule has 1 aliphatic heterocycles. The fraction of sp³-hybridized carbons (Fsp3) is 0.267. The molecule has 1 aromatic carbocycles. The highest BCUT2D eigenvalue weighted by Gasteiger charge is 2.14. The summed E-state index contributed by atoms with van der Waals surface area (Å²) in [4.78, 5) is 22.7. The number of hydrogen-bond donors (Lipinski definition) is 1. The van der Waals surface area contributed by atoms with Crippen LogP contribution in [0.2, 0.25) is 5.02 Å². The van der Waals surface area contributed by atoms with Crippen LogP contribution in [-0.4, -0.2) is 42.2 Å². The molecule has 2 aromatic rings. The monoisotopic (exact) mass is 318 g/mol. The number of morpholine rings is 1. The van der Waals surface area contributed by atoms with Gasteiger partial charge in [0, 0.05) is 23.8 Å². The number of anilines is 2. The van der Waals surface area contributed by atoms with E-state index in [0.717, 1.165) is 18.9 Å². The number of carbonyl (C=O) groups excluding carboxylic acids is 1. The Balaban J connectivity index is 1.68. The van der Waals surface area contributed by atoms with E-state index in [9.17, 15) is 4.79 Å². The number of nitrogens with zero attached hydrogens (tertiary/aromatic N) is 3. The highest BCUT2D eigenvalue weighted by atomic mass is 35.5. The van der Waals surface area contributed by atoms with Gasteiger partial charge in [-0.2, -0.15) is 0 Å². The maximum atomic E-state index is 12.1. The van der Waals surface area contributed by atoms with E-state index in [0.29, 0.717) is 23.9 Å². The molecule has 7 heteroatoms. The summed E-state index contributed by atoms with van der Waals surface area (Å²) < 4.78 is 5.29. The van der Waals surface area contributed by atoms with E-state index in [2.05, 4.69) is 20.2 Å². The van der Waals surface area contributed by atoms with Crippen LogP contribution in [0.3, 0.4) is 0 Å². The maximum Gasteiger partial charge on any atom is 0.275 e. The second kappa shape index (κ2) is 6.72. The lowest BCUT2D eigenvalue weighted by Gasteiger charge is -2.27. The van der Waals surface area contributed by atoms with Crippen LogP contribution in [0.5, 0.6) is 0 Å². The van der Waals surface area contributed by atoms with Crippen LogP contribution in [0.15, 0.2) is 36.7 Å². The number of benzene rings is 1. The standard InChI is InChI=1S/C15H15ClN4O2/c16-11-2-1-3-12(8-11)19-15(21)13-9-18-14(10-17-13)20-4-6-22-7-5-20/h1-3,8-10H,4-7H2,(H,19,21). The third kappa shape index (κ3) is 3.52. The van der Waals surface area contributed by atoms with Crippen molar-refractivity contribution in [2.75, 3.05) is 36.5 Å². The first-order valence-electron chi connectivity index (χ1n) is 6.94. The molecule has 0 unspecified atom stereocenters.